The van der Waals surface area contributed by atoms with Crippen LogP contribution in [0.25, 0.3) is 0 Å². The van der Waals surface area contributed by atoms with Crippen LogP contribution < -0.4 is 10.2 Å². The maximum absolute atomic E-state index is 12.7. The molecule has 2 aromatic rings. The number of carbonyl (C=O) groups is 2. The van der Waals surface area contributed by atoms with Gasteiger partial charge in [0.25, 0.3) is 0 Å². The molecule has 6 heteroatoms. The molecule has 6 nitrogen and oxygen atoms in total. The third-order valence-corrected chi connectivity index (χ3v) is 5.26. The van der Waals surface area contributed by atoms with Crippen molar-refractivity contribution < 1.29 is 9.59 Å². The molecule has 0 atom stereocenters. The fourth-order valence-electron chi connectivity index (χ4n) is 3.38. The molecule has 0 fully saturated rings. The average molecular weight is 421 g/mol. The molecule has 1 N–H and O–H groups in total. The van der Waals surface area contributed by atoms with Crippen molar-refractivity contribution in [2.75, 3.05) is 24.5 Å². The number of anilines is 1. The van der Waals surface area contributed by atoms with Crippen LogP contribution in [0.2, 0.25) is 0 Å². The maximum atomic E-state index is 12.7. The van der Waals surface area contributed by atoms with Crippen LogP contribution in [-0.4, -0.2) is 36.3 Å². The van der Waals surface area contributed by atoms with Crippen LogP contribution >= 0.6 is 0 Å². The molecule has 2 rings (SSSR count). The minimum absolute atomic E-state index is 0.104. The summed E-state index contributed by atoms with van der Waals surface area (Å²) in [6.07, 6.45) is 0.469. The van der Waals surface area contributed by atoms with Gasteiger partial charge in [0.15, 0.2) is 0 Å². The van der Waals surface area contributed by atoms with E-state index in [1.54, 1.807) is 4.90 Å². The molecule has 0 spiro atoms. The minimum atomic E-state index is -0.154. The number of carbonyl (C=O) groups excluding carboxylic acids is 2. The van der Waals surface area contributed by atoms with Crippen molar-refractivity contribution in [2.24, 2.45) is 0 Å². The Hall–Kier alpha value is -3.17. The first kappa shape index (κ1) is 24.1. The van der Waals surface area contributed by atoms with Crippen molar-refractivity contribution >= 4 is 17.5 Å². The number of benzene rings is 2. The SMILES string of the molecule is CCN(CC)Cc1ccccc1CNC(=O)CCC(=O)N(CCC#N)c1ccccc1. The molecule has 0 aliphatic rings. The van der Waals surface area contributed by atoms with E-state index in [2.05, 4.69) is 36.2 Å². The molecule has 0 radical (unpaired) electrons. The topological polar surface area (TPSA) is 76.4 Å². The molecular weight excluding hydrogens is 388 g/mol. The summed E-state index contributed by atoms with van der Waals surface area (Å²) in [5, 5.41) is 11.8. The van der Waals surface area contributed by atoms with Gasteiger partial charge in [-0.2, -0.15) is 5.26 Å². The lowest BCUT2D eigenvalue weighted by Crippen LogP contribution is -2.33. The number of hydrogen-bond acceptors (Lipinski definition) is 4. The number of amides is 2. The summed E-state index contributed by atoms with van der Waals surface area (Å²) >= 11 is 0. The Morgan fingerprint density at radius 1 is 0.935 bits per heavy atom. The predicted molar refractivity (Wildman–Crippen MR) is 123 cm³/mol. The van der Waals surface area contributed by atoms with Crippen LogP contribution in [0.15, 0.2) is 54.6 Å². The van der Waals surface area contributed by atoms with E-state index in [1.807, 2.05) is 48.5 Å². The number of nitrogens with one attached hydrogen (secondary N) is 1. The summed E-state index contributed by atoms with van der Waals surface area (Å²) in [6.45, 7) is 7.84. The second-order valence-corrected chi connectivity index (χ2v) is 7.30. The monoisotopic (exact) mass is 420 g/mol. The summed E-state index contributed by atoms with van der Waals surface area (Å²) in [5.41, 5.74) is 3.04. The molecule has 0 heterocycles. The molecule has 31 heavy (non-hydrogen) atoms. The Labute approximate surface area is 185 Å². The highest BCUT2D eigenvalue weighted by Gasteiger charge is 2.17. The highest BCUT2D eigenvalue weighted by atomic mass is 16.2. The van der Waals surface area contributed by atoms with Crippen molar-refractivity contribution in [3.63, 3.8) is 0 Å². The number of hydrogen-bond donors (Lipinski definition) is 1. The van der Waals surface area contributed by atoms with Gasteiger partial charge in [-0.25, -0.2) is 0 Å². The summed E-state index contributed by atoms with van der Waals surface area (Å²) in [7, 11) is 0. The van der Waals surface area contributed by atoms with Gasteiger partial charge < -0.3 is 10.2 Å². The standard InChI is InChI=1S/C25H32N4O2/c1-3-28(4-2)20-22-12-9-8-11-21(22)19-27-24(30)15-16-25(31)29(18-10-17-26)23-13-6-5-7-14-23/h5-9,11-14H,3-4,10,15-16,18-20H2,1-2H3,(H,27,30). The normalized spacial score (nSPS) is 10.5. The highest BCUT2D eigenvalue weighted by Crippen LogP contribution is 2.16. The van der Waals surface area contributed by atoms with Crippen molar-refractivity contribution in [2.45, 2.75) is 46.2 Å². The first-order valence-electron chi connectivity index (χ1n) is 10.9. The van der Waals surface area contributed by atoms with Crippen molar-refractivity contribution in [3.8, 4) is 6.07 Å². The number of nitriles is 1. The van der Waals surface area contributed by atoms with Crippen LogP contribution in [0.3, 0.4) is 0 Å². The highest BCUT2D eigenvalue weighted by molar-refractivity contribution is 5.95. The van der Waals surface area contributed by atoms with Crippen LogP contribution in [0.1, 0.15) is 44.2 Å². The third-order valence-electron chi connectivity index (χ3n) is 5.26. The number of para-hydroxylation sites is 1. The van der Waals surface area contributed by atoms with E-state index in [9.17, 15) is 9.59 Å². The lowest BCUT2D eigenvalue weighted by atomic mass is 10.1. The lowest BCUT2D eigenvalue weighted by molar-refractivity contribution is -0.125. The molecule has 0 aliphatic carbocycles. The maximum Gasteiger partial charge on any atom is 0.227 e. The molecule has 0 aromatic heterocycles. The Morgan fingerprint density at radius 3 is 2.23 bits per heavy atom. The van der Waals surface area contributed by atoms with E-state index in [-0.39, 0.29) is 31.1 Å². The van der Waals surface area contributed by atoms with Crippen molar-refractivity contribution in [1.29, 1.82) is 5.26 Å². The van der Waals surface area contributed by atoms with Gasteiger partial charge in [-0.15, -0.1) is 0 Å². The van der Waals surface area contributed by atoms with E-state index in [4.69, 9.17) is 5.26 Å². The fourth-order valence-corrected chi connectivity index (χ4v) is 3.38. The van der Waals surface area contributed by atoms with Crippen molar-refractivity contribution in [1.82, 2.24) is 10.2 Å². The quantitative estimate of drug-likeness (QED) is 0.565. The van der Waals surface area contributed by atoms with Gasteiger partial charge in [0.1, 0.15) is 0 Å². The first-order valence-corrected chi connectivity index (χ1v) is 10.9. The number of nitrogens with zero attached hydrogens (tertiary/aromatic N) is 3. The molecule has 2 amide bonds. The van der Waals surface area contributed by atoms with Gasteiger partial charge in [-0.05, 0) is 36.3 Å². The predicted octanol–water partition coefficient (Wildman–Crippen LogP) is 3.87. The van der Waals surface area contributed by atoms with Crippen LogP contribution in [-0.2, 0) is 22.7 Å². The second-order valence-electron chi connectivity index (χ2n) is 7.30. The van der Waals surface area contributed by atoms with Gasteiger partial charge in [-0.1, -0.05) is 56.3 Å². The first-order chi connectivity index (χ1) is 15.1. The van der Waals surface area contributed by atoms with E-state index in [0.29, 0.717) is 13.1 Å². The van der Waals surface area contributed by atoms with Crippen LogP contribution in [0.5, 0.6) is 0 Å². The molecule has 164 valence electrons. The molecule has 0 saturated heterocycles. The van der Waals surface area contributed by atoms with Gasteiger partial charge in [-0.3, -0.25) is 14.5 Å². The molecular formula is C25H32N4O2. The van der Waals surface area contributed by atoms with Gasteiger partial charge in [0.2, 0.25) is 11.8 Å². The van der Waals surface area contributed by atoms with Crippen LogP contribution in [0.4, 0.5) is 5.69 Å². The second kappa shape index (κ2) is 13.2. The van der Waals surface area contributed by atoms with Crippen LogP contribution in [0, 0.1) is 11.3 Å². The summed E-state index contributed by atoms with van der Waals surface area (Å²) in [4.78, 5) is 29.0. The Balaban J connectivity index is 1.90. The molecule has 0 unspecified atom stereocenters. The third kappa shape index (κ3) is 7.88. The molecule has 0 aliphatic heterocycles. The zero-order valence-electron chi connectivity index (χ0n) is 18.5. The molecule has 2 aromatic carbocycles. The van der Waals surface area contributed by atoms with Gasteiger partial charge in [0, 0.05) is 38.2 Å². The van der Waals surface area contributed by atoms with Crippen molar-refractivity contribution in [3.05, 3.63) is 65.7 Å². The van der Waals surface area contributed by atoms with E-state index >= 15 is 0 Å². The zero-order chi connectivity index (χ0) is 22.5. The van der Waals surface area contributed by atoms with Gasteiger partial charge >= 0.3 is 0 Å². The smallest absolute Gasteiger partial charge is 0.227 e. The Kier molecular flexibility index (Phi) is 10.3. The minimum Gasteiger partial charge on any atom is -0.352 e. The zero-order valence-corrected chi connectivity index (χ0v) is 18.5. The van der Waals surface area contributed by atoms with E-state index < -0.39 is 0 Å². The van der Waals surface area contributed by atoms with E-state index in [1.165, 1.54) is 5.56 Å². The average Bonchev–Trinajstić information content (AvgIpc) is 2.81. The Morgan fingerprint density at radius 2 is 1.58 bits per heavy atom. The summed E-state index contributed by atoms with van der Waals surface area (Å²) in [5.74, 6) is -0.308. The summed E-state index contributed by atoms with van der Waals surface area (Å²) in [6, 6.07) is 19.4. The van der Waals surface area contributed by atoms with E-state index in [0.717, 1.165) is 30.9 Å². The molecule has 0 saturated carbocycles. The molecule has 0 bridgehead atoms. The fraction of sp³-hybridized carbons (Fsp3) is 0.400. The largest absolute Gasteiger partial charge is 0.352 e. The summed E-state index contributed by atoms with van der Waals surface area (Å²) < 4.78 is 0. The van der Waals surface area contributed by atoms with Gasteiger partial charge in [0.05, 0.1) is 12.5 Å². The Bertz CT molecular complexity index is 873. The lowest BCUT2D eigenvalue weighted by Gasteiger charge is -2.22. The number of rotatable bonds is 12.